The molecule has 0 radical (unpaired) electrons. The van der Waals surface area contributed by atoms with Crippen molar-refractivity contribution in [3.63, 3.8) is 0 Å². The number of rotatable bonds is 4. The molecule has 2 aromatic rings. The zero-order valence-electron chi connectivity index (χ0n) is 11.7. The van der Waals surface area contributed by atoms with Gasteiger partial charge in [0.1, 0.15) is 12.0 Å². The molecule has 22 heavy (non-hydrogen) atoms. The summed E-state index contributed by atoms with van der Waals surface area (Å²) in [6.07, 6.45) is 3.15. The molecule has 0 spiro atoms. The maximum Gasteiger partial charge on any atom is 0.327 e. The number of nitrogens with one attached hydrogen (secondary N) is 1. The number of hydrogen-bond acceptors (Lipinski definition) is 5. The molecule has 2 aromatic heterocycles. The van der Waals surface area contributed by atoms with Gasteiger partial charge in [-0.1, -0.05) is 11.2 Å². The molecule has 3 heterocycles. The Labute approximate surface area is 125 Å². The monoisotopic (exact) mass is 302 g/mol. The van der Waals surface area contributed by atoms with Crippen LogP contribution in [0.1, 0.15) is 17.7 Å². The summed E-state index contributed by atoms with van der Waals surface area (Å²) >= 11 is 0. The maximum absolute atomic E-state index is 12.4. The standard InChI is InChI=1S/C14H14N4O4/c19-12-3-6-17(9-11-4-7-22-16-11)14(21)18(12)8-10-2-1-5-15-13(10)20/h1-2,4-5,7H,3,6,8-9H2,(H,15,20). The highest BCUT2D eigenvalue weighted by Crippen LogP contribution is 2.15. The average Bonchev–Trinajstić information content (AvgIpc) is 3.01. The van der Waals surface area contributed by atoms with Gasteiger partial charge in [0, 0.05) is 30.8 Å². The third kappa shape index (κ3) is 2.76. The lowest BCUT2D eigenvalue weighted by molar-refractivity contribution is -0.131. The molecule has 0 aromatic carbocycles. The van der Waals surface area contributed by atoms with Crippen LogP contribution in [0.3, 0.4) is 0 Å². The van der Waals surface area contributed by atoms with Gasteiger partial charge >= 0.3 is 6.03 Å². The zero-order valence-corrected chi connectivity index (χ0v) is 11.7. The molecular weight excluding hydrogens is 288 g/mol. The van der Waals surface area contributed by atoms with Gasteiger partial charge in [-0.2, -0.15) is 0 Å². The Hall–Kier alpha value is -2.90. The lowest BCUT2D eigenvalue weighted by Crippen LogP contribution is -2.51. The largest absolute Gasteiger partial charge is 0.364 e. The van der Waals surface area contributed by atoms with Gasteiger partial charge < -0.3 is 14.4 Å². The molecule has 1 saturated heterocycles. The summed E-state index contributed by atoms with van der Waals surface area (Å²) in [5.74, 6) is -0.287. The smallest absolute Gasteiger partial charge is 0.327 e. The first-order valence-electron chi connectivity index (χ1n) is 6.80. The second-order valence-electron chi connectivity index (χ2n) is 4.95. The van der Waals surface area contributed by atoms with E-state index in [2.05, 4.69) is 10.1 Å². The second kappa shape index (κ2) is 5.84. The Bertz CT molecular complexity index is 737. The fourth-order valence-corrected chi connectivity index (χ4v) is 2.31. The lowest BCUT2D eigenvalue weighted by Gasteiger charge is -2.33. The molecular formula is C14H14N4O4. The van der Waals surface area contributed by atoms with Crippen molar-refractivity contribution in [3.8, 4) is 0 Å². The summed E-state index contributed by atoms with van der Waals surface area (Å²) in [6.45, 7) is 0.555. The minimum Gasteiger partial charge on any atom is -0.364 e. The van der Waals surface area contributed by atoms with E-state index in [1.807, 2.05) is 0 Å². The van der Waals surface area contributed by atoms with Crippen LogP contribution in [0.2, 0.25) is 0 Å². The van der Waals surface area contributed by atoms with E-state index < -0.39 is 6.03 Å². The van der Waals surface area contributed by atoms with Crippen molar-refractivity contribution in [2.24, 2.45) is 0 Å². The summed E-state index contributed by atoms with van der Waals surface area (Å²) in [4.78, 5) is 41.3. The number of aromatic amines is 1. The molecule has 1 aliphatic rings. The summed E-state index contributed by atoms with van der Waals surface area (Å²) in [7, 11) is 0. The van der Waals surface area contributed by atoms with Gasteiger partial charge in [-0.05, 0) is 6.07 Å². The topological polar surface area (TPSA) is 99.5 Å². The average molecular weight is 302 g/mol. The van der Waals surface area contributed by atoms with Crippen molar-refractivity contribution < 1.29 is 14.1 Å². The Kier molecular flexibility index (Phi) is 3.73. The van der Waals surface area contributed by atoms with E-state index in [0.717, 1.165) is 4.90 Å². The van der Waals surface area contributed by atoms with E-state index >= 15 is 0 Å². The number of urea groups is 1. The van der Waals surface area contributed by atoms with Crippen molar-refractivity contribution in [1.29, 1.82) is 0 Å². The fraction of sp³-hybridized carbons (Fsp3) is 0.286. The maximum atomic E-state index is 12.4. The third-order valence-corrected chi connectivity index (χ3v) is 3.47. The summed E-state index contributed by atoms with van der Waals surface area (Å²) in [5, 5.41) is 3.76. The van der Waals surface area contributed by atoms with Gasteiger partial charge in [0.05, 0.1) is 13.1 Å². The third-order valence-electron chi connectivity index (χ3n) is 3.47. The predicted octanol–water partition coefficient (Wildman–Crippen LogP) is 0.717. The molecule has 114 valence electrons. The van der Waals surface area contributed by atoms with E-state index in [0.29, 0.717) is 17.8 Å². The Morgan fingerprint density at radius 1 is 1.23 bits per heavy atom. The van der Waals surface area contributed by atoms with Gasteiger partial charge in [0.15, 0.2) is 0 Å². The molecule has 0 bridgehead atoms. The van der Waals surface area contributed by atoms with Gasteiger partial charge in [-0.15, -0.1) is 0 Å². The predicted molar refractivity (Wildman–Crippen MR) is 74.5 cm³/mol. The van der Waals surface area contributed by atoms with E-state index in [9.17, 15) is 14.4 Å². The SMILES string of the molecule is O=C1CCN(Cc2ccon2)C(=O)N1Cc1ccc[nH]c1=O. The summed E-state index contributed by atoms with van der Waals surface area (Å²) in [6, 6.07) is 4.48. The van der Waals surface area contributed by atoms with Crippen LogP contribution in [0.4, 0.5) is 4.79 Å². The van der Waals surface area contributed by atoms with Gasteiger partial charge in [-0.25, -0.2) is 4.79 Å². The number of aromatic nitrogens is 2. The van der Waals surface area contributed by atoms with E-state index in [-0.39, 0.29) is 31.0 Å². The molecule has 8 heteroatoms. The Balaban J connectivity index is 1.77. The highest BCUT2D eigenvalue weighted by molar-refractivity contribution is 5.96. The van der Waals surface area contributed by atoms with Crippen LogP contribution in [0.15, 0.2) is 40.0 Å². The first-order chi connectivity index (χ1) is 10.6. The van der Waals surface area contributed by atoms with Crippen molar-refractivity contribution in [2.45, 2.75) is 19.5 Å². The molecule has 0 unspecified atom stereocenters. The molecule has 3 rings (SSSR count). The number of carbonyl (C=O) groups is 2. The highest BCUT2D eigenvalue weighted by atomic mass is 16.5. The van der Waals surface area contributed by atoms with E-state index in [1.165, 1.54) is 17.4 Å². The molecule has 0 atom stereocenters. The first kappa shape index (κ1) is 14.1. The van der Waals surface area contributed by atoms with Crippen molar-refractivity contribution >= 4 is 11.9 Å². The van der Waals surface area contributed by atoms with Crippen LogP contribution in [0, 0.1) is 0 Å². The molecule has 1 fully saturated rings. The van der Waals surface area contributed by atoms with Crippen LogP contribution in [-0.4, -0.2) is 38.4 Å². The van der Waals surface area contributed by atoms with Gasteiger partial charge in [0.2, 0.25) is 5.91 Å². The number of nitrogens with zero attached hydrogens (tertiary/aromatic N) is 3. The summed E-state index contributed by atoms with van der Waals surface area (Å²) < 4.78 is 4.74. The Morgan fingerprint density at radius 2 is 2.09 bits per heavy atom. The van der Waals surface area contributed by atoms with Crippen molar-refractivity contribution in [1.82, 2.24) is 19.9 Å². The van der Waals surface area contributed by atoms with Crippen LogP contribution < -0.4 is 5.56 Å². The molecule has 0 aliphatic carbocycles. The van der Waals surface area contributed by atoms with E-state index in [4.69, 9.17) is 4.52 Å². The molecule has 3 amide bonds. The van der Waals surface area contributed by atoms with Crippen molar-refractivity contribution in [2.75, 3.05) is 6.54 Å². The van der Waals surface area contributed by atoms with Crippen LogP contribution >= 0.6 is 0 Å². The minimum atomic E-state index is -0.428. The number of H-pyrrole nitrogens is 1. The minimum absolute atomic E-state index is 0.0385. The van der Waals surface area contributed by atoms with Gasteiger partial charge in [0.25, 0.3) is 5.56 Å². The van der Waals surface area contributed by atoms with Crippen LogP contribution in [0.5, 0.6) is 0 Å². The first-order valence-corrected chi connectivity index (χ1v) is 6.80. The van der Waals surface area contributed by atoms with E-state index in [1.54, 1.807) is 18.2 Å². The zero-order chi connectivity index (χ0) is 15.5. The van der Waals surface area contributed by atoms with Crippen LogP contribution in [0.25, 0.3) is 0 Å². The number of amides is 3. The number of hydrogen-bond donors (Lipinski definition) is 1. The quantitative estimate of drug-likeness (QED) is 0.897. The van der Waals surface area contributed by atoms with Gasteiger partial charge in [-0.3, -0.25) is 14.5 Å². The summed E-state index contributed by atoms with van der Waals surface area (Å²) in [5.41, 5.74) is 0.671. The van der Waals surface area contributed by atoms with Crippen LogP contribution in [-0.2, 0) is 17.9 Å². The Morgan fingerprint density at radius 3 is 2.82 bits per heavy atom. The molecule has 1 N–H and O–H groups in total. The molecule has 0 saturated carbocycles. The molecule has 1 aliphatic heterocycles. The lowest BCUT2D eigenvalue weighted by atomic mass is 10.2. The van der Waals surface area contributed by atoms with Crippen molar-refractivity contribution in [3.05, 3.63) is 52.3 Å². The molecule has 8 nitrogen and oxygen atoms in total. The second-order valence-corrected chi connectivity index (χ2v) is 4.95. The normalized spacial score (nSPS) is 15.5. The number of carbonyl (C=O) groups excluding carboxylic acids is 2. The number of pyridine rings is 1. The highest BCUT2D eigenvalue weighted by Gasteiger charge is 2.32. The fourth-order valence-electron chi connectivity index (χ4n) is 2.31. The number of imide groups is 1.